The second kappa shape index (κ2) is 13.3. The molecule has 5 nitrogen and oxygen atoms in total. The van der Waals surface area contributed by atoms with E-state index in [1.54, 1.807) is 19.2 Å². The third-order valence-corrected chi connectivity index (χ3v) is 5.26. The highest BCUT2D eigenvalue weighted by atomic mass is 127. The molecule has 1 aliphatic rings. The van der Waals surface area contributed by atoms with Crippen molar-refractivity contribution in [3.63, 3.8) is 0 Å². The zero-order valence-electron chi connectivity index (χ0n) is 17.7. The molecule has 28 heavy (non-hydrogen) atoms. The molecule has 1 saturated heterocycles. The maximum absolute atomic E-state index is 13.2. The number of methoxy groups -OCH3 is 1. The molecule has 0 radical (unpaired) electrons. The molecule has 0 aromatic heterocycles. The number of hydrogen-bond donors (Lipinski definition) is 1. The highest BCUT2D eigenvalue weighted by Gasteiger charge is 2.26. The number of rotatable bonds is 9. The van der Waals surface area contributed by atoms with E-state index in [0.29, 0.717) is 12.5 Å². The van der Waals surface area contributed by atoms with Crippen LogP contribution in [0, 0.1) is 11.7 Å². The minimum absolute atomic E-state index is 0. The van der Waals surface area contributed by atoms with E-state index >= 15 is 0 Å². The number of hydrogen-bond acceptors (Lipinski definition) is 3. The second-order valence-electron chi connectivity index (χ2n) is 7.06. The van der Waals surface area contributed by atoms with E-state index in [-0.39, 0.29) is 35.9 Å². The van der Waals surface area contributed by atoms with Gasteiger partial charge >= 0.3 is 0 Å². The first-order chi connectivity index (χ1) is 13.1. The summed E-state index contributed by atoms with van der Waals surface area (Å²) in [6.45, 7) is 13.3. The zero-order valence-corrected chi connectivity index (χ0v) is 20.0. The largest absolute Gasteiger partial charge is 0.375 e. The van der Waals surface area contributed by atoms with Crippen LogP contribution in [0.15, 0.2) is 29.3 Å². The van der Waals surface area contributed by atoms with Crippen molar-refractivity contribution in [2.24, 2.45) is 10.9 Å². The molecule has 0 saturated carbocycles. The summed E-state index contributed by atoms with van der Waals surface area (Å²) in [7, 11) is 1.67. The smallest absolute Gasteiger partial charge is 0.194 e. The average molecular weight is 506 g/mol. The predicted octanol–water partition coefficient (Wildman–Crippen LogP) is 3.76. The number of likely N-dealkylation sites (tertiary alicyclic amines) is 1. The first kappa shape index (κ1) is 25.1. The van der Waals surface area contributed by atoms with Crippen molar-refractivity contribution in [1.29, 1.82) is 0 Å². The van der Waals surface area contributed by atoms with Gasteiger partial charge < -0.3 is 19.9 Å². The highest BCUT2D eigenvalue weighted by Crippen LogP contribution is 2.20. The lowest BCUT2D eigenvalue weighted by molar-refractivity contribution is 0.110. The molecule has 0 amide bonds. The molecule has 7 heteroatoms. The van der Waals surface area contributed by atoms with E-state index in [1.807, 2.05) is 0 Å². The lowest BCUT2D eigenvalue weighted by atomic mass is 10.1. The van der Waals surface area contributed by atoms with Crippen molar-refractivity contribution in [3.05, 3.63) is 35.6 Å². The minimum Gasteiger partial charge on any atom is -0.375 e. The molecule has 0 aliphatic carbocycles. The molecule has 1 aromatic carbocycles. The van der Waals surface area contributed by atoms with Crippen molar-refractivity contribution in [1.82, 2.24) is 15.1 Å². The van der Waals surface area contributed by atoms with Crippen LogP contribution in [0.2, 0.25) is 0 Å². The summed E-state index contributed by atoms with van der Waals surface area (Å²) in [5, 5.41) is 3.41. The van der Waals surface area contributed by atoms with Crippen LogP contribution in [0.3, 0.4) is 0 Å². The SMILES string of the molecule is CCNC(=NCC(OC)c1ccc(F)cc1)N1CCC(CN(CC)CC)C1.I. The third-order valence-electron chi connectivity index (χ3n) is 5.26. The van der Waals surface area contributed by atoms with E-state index in [4.69, 9.17) is 9.73 Å². The maximum atomic E-state index is 13.2. The van der Waals surface area contributed by atoms with Crippen LogP contribution in [-0.4, -0.2) is 68.7 Å². The molecule has 1 aromatic rings. The number of nitrogens with zero attached hydrogens (tertiary/aromatic N) is 3. The van der Waals surface area contributed by atoms with Gasteiger partial charge in [-0.25, -0.2) is 4.39 Å². The van der Waals surface area contributed by atoms with Crippen LogP contribution in [0.25, 0.3) is 0 Å². The van der Waals surface area contributed by atoms with Crippen LogP contribution in [-0.2, 0) is 4.74 Å². The Hall–Kier alpha value is -0.930. The van der Waals surface area contributed by atoms with E-state index in [2.05, 4.69) is 35.9 Å². The third kappa shape index (κ3) is 7.48. The van der Waals surface area contributed by atoms with Gasteiger partial charge in [0.15, 0.2) is 5.96 Å². The van der Waals surface area contributed by atoms with E-state index in [0.717, 1.165) is 50.8 Å². The lowest BCUT2D eigenvalue weighted by Gasteiger charge is -2.25. The van der Waals surface area contributed by atoms with Crippen LogP contribution < -0.4 is 5.32 Å². The van der Waals surface area contributed by atoms with Gasteiger partial charge in [0, 0.05) is 33.3 Å². The lowest BCUT2D eigenvalue weighted by Crippen LogP contribution is -2.41. The van der Waals surface area contributed by atoms with Gasteiger partial charge in [0.1, 0.15) is 11.9 Å². The minimum atomic E-state index is -0.234. The number of halogens is 2. The number of aliphatic imine (C=N–C) groups is 1. The molecular weight excluding hydrogens is 470 g/mol. The van der Waals surface area contributed by atoms with Crippen LogP contribution >= 0.6 is 24.0 Å². The molecule has 0 spiro atoms. The van der Waals surface area contributed by atoms with Crippen molar-refractivity contribution in [2.75, 3.05) is 52.9 Å². The van der Waals surface area contributed by atoms with Gasteiger partial charge in [0.2, 0.25) is 0 Å². The molecule has 2 atom stereocenters. The van der Waals surface area contributed by atoms with Gasteiger partial charge in [-0.2, -0.15) is 0 Å². The molecule has 1 aliphatic heterocycles. The first-order valence-corrected chi connectivity index (χ1v) is 10.1. The van der Waals surface area contributed by atoms with Crippen molar-refractivity contribution in [3.8, 4) is 0 Å². The van der Waals surface area contributed by atoms with E-state index in [9.17, 15) is 4.39 Å². The molecule has 2 unspecified atom stereocenters. The average Bonchev–Trinajstić information content (AvgIpc) is 3.15. The Morgan fingerprint density at radius 1 is 1.29 bits per heavy atom. The summed E-state index contributed by atoms with van der Waals surface area (Å²) in [4.78, 5) is 9.67. The standard InChI is InChI=1S/C21H35FN4O.HI/c1-5-23-21(26-13-12-17(16-26)15-25(6-2)7-3)24-14-20(27-4)18-8-10-19(22)11-9-18;/h8-11,17,20H,5-7,12-16H2,1-4H3,(H,23,24);1H. The molecule has 1 N–H and O–H groups in total. The predicted molar refractivity (Wildman–Crippen MR) is 125 cm³/mol. The molecule has 1 heterocycles. The Balaban J connectivity index is 0.00000392. The zero-order chi connectivity index (χ0) is 19.6. The van der Waals surface area contributed by atoms with Gasteiger partial charge in [-0.3, -0.25) is 4.99 Å². The summed E-state index contributed by atoms with van der Waals surface area (Å²) in [5.41, 5.74) is 0.944. The van der Waals surface area contributed by atoms with Crippen molar-refractivity contribution in [2.45, 2.75) is 33.3 Å². The van der Waals surface area contributed by atoms with Gasteiger partial charge in [0.05, 0.1) is 6.54 Å². The second-order valence-corrected chi connectivity index (χ2v) is 7.06. The van der Waals surface area contributed by atoms with Crippen LogP contribution in [0.5, 0.6) is 0 Å². The Labute approximate surface area is 186 Å². The van der Waals surface area contributed by atoms with Gasteiger partial charge in [0.25, 0.3) is 0 Å². The van der Waals surface area contributed by atoms with Crippen LogP contribution in [0.1, 0.15) is 38.9 Å². The quantitative estimate of drug-likeness (QED) is 0.315. The Kier molecular flexibility index (Phi) is 11.9. The summed E-state index contributed by atoms with van der Waals surface area (Å²) >= 11 is 0. The normalized spacial score (nSPS) is 18.3. The Bertz CT molecular complexity index is 580. The van der Waals surface area contributed by atoms with Gasteiger partial charge in [-0.15, -0.1) is 24.0 Å². The maximum Gasteiger partial charge on any atom is 0.194 e. The molecule has 2 rings (SSSR count). The summed E-state index contributed by atoms with van der Waals surface area (Å²) < 4.78 is 18.8. The van der Waals surface area contributed by atoms with E-state index < -0.39 is 0 Å². The monoisotopic (exact) mass is 506 g/mol. The molecule has 0 bridgehead atoms. The summed E-state index contributed by atoms with van der Waals surface area (Å²) in [6, 6.07) is 6.47. The summed E-state index contributed by atoms with van der Waals surface area (Å²) in [6.07, 6.45) is 1.03. The molecule has 1 fully saturated rings. The van der Waals surface area contributed by atoms with E-state index in [1.165, 1.54) is 18.6 Å². The number of nitrogens with one attached hydrogen (secondary N) is 1. The Morgan fingerprint density at radius 2 is 1.96 bits per heavy atom. The number of benzene rings is 1. The number of ether oxygens (including phenoxy) is 1. The summed E-state index contributed by atoms with van der Waals surface area (Å²) in [5.74, 6) is 1.40. The number of guanidine groups is 1. The Morgan fingerprint density at radius 3 is 2.54 bits per heavy atom. The topological polar surface area (TPSA) is 40.1 Å². The first-order valence-electron chi connectivity index (χ1n) is 10.1. The fourth-order valence-electron chi connectivity index (χ4n) is 3.61. The molecule has 160 valence electrons. The van der Waals surface area contributed by atoms with Gasteiger partial charge in [-0.05, 0) is 50.0 Å². The van der Waals surface area contributed by atoms with Gasteiger partial charge in [-0.1, -0.05) is 26.0 Å². The van der Waals surface area contributed by atoms with Crippen molar-refractivity contribution >= 4 is 29.9 Å². The van der Waals surface area contributed by atoms with Crippen molar-refractivity contribution < 1.29 is 9.13 Å². The molecular formula is C21H36FIN4O. The fraction of sp³-hybridized carbons (Fsp3) is 0.667. The van der Waals surface area contributed by atoms with Crippen LogP contribution in [0.4, 0.5) is 4.39 Å². The fourth-order valence-corrected chi connectivity index (χ4v) is 3.61. The highest BCUT2D eigenvalue weighted by molar-refractivity contribution is 14.0.